The minimum Gasteiger partial charge on any atom is -0.479 e. The van der Waals surface area contributed by atoms with Crippen LogP contribution in [0.2, 0.25) is 0 Å². The molecular weight excluding hydrogens is 264 g/mol. The highest BCUT2D eigenvalue weighted by atomic mass is 16.5. The summed E-state index contributed by atoms with van der Waals surface area (Å²) in [5.41, 5.74) is 1.23. The van der Waals surface area contributed by atoms with Gasteiger partial charge in [-0.1, -0.05) is 5.16 Å². The molecule has 3 rings (SSSR count). The summed E-state index contributed by atoms with van der Waals surface area (Å²) >= 11 is 0. The van der Waals surface area contributed by atoms with Gasteiger partial charge in [0.1, 0.15) is 5.76 Å². The normalized spacial score (nSPS) is 22.4. The highest BCUT2D eigenvalue weighted by Crippen LogP contribution is 2.25. The third-order valence-electron chi connectivity index (χ3n) is 3.78. The summed E-state index contributed by atoms with van der Waals surface area (Å²) in [4.78, 5) is 24.9. The Morgan fingerprint density at radius 1 is 1.30 bits per heavy atom. The molecule has 1 saturated heterocycles. The number of aromatic nitrogens is 1. The second-order valence-corrected chi connectivity index (χ2v) is 5.09. The summed E-state index contributed by atoms with van der Waals surface area (Å²) in [5, 5.41) is 12.9. The number of amides is 1. The van der Waals surface area contributed by atoms with Crippen molar-refractivity contribution in [1.82, 2.24) is 10.1 Å². The molecule has 1 N–H and O–H groups in total. The summed E-state index contributed by atoms with van der Waals surface area (Å²) in [6.45, 7) is 0.656. The molecule has 1 atom stereocenters. The van der Waals surface area contributed by atoms with E-state index in [2.05, 4.69) is 5.16 Å². The van der Waals surface area contributed by atoms with Gasteiger partial charge < -0.3 is 19.3 Å². The van der Waals surface area contributed by atoms with E-state index >= 15 is 0 Å². The molecule has 2 heterocycles. The van der Waals surface area contributed by atoms with Crippen molar-refractivity contribution in [2.75, 3.05) is 19.7 Å². The van der Waals surface area contributed by atoms with Crippen LogP contribution < -0.4 is 0 Å². The molecule has 1 amide bonds. The first kappa shape index (κ1) is 13.1. The van der Waals surface area contributed by atoms with Gasteiger partial charge >= 0.3 is 5.97 Å². The number of carbonyl (C=O) groups excluding carboxylic acids is 1. The van der Waals surface area contributed by atoms with Crippen LogP contribution >= 0.6 is 0 Å². The number of carboxylic acids is 1. The van der Waals surface area contributed by atoms with Crippen LogP contribution in [0.4, 0.5) is 0 Å². The van der Waals surface area contributed by atoms with E-state index in [1.54, 1.807) is 0 Å². The van der Waals surface area contributed by atoms with Crippen molar-refractivity contribution < 1.29 is 24.0 Å². The Labute approximate surface area is 115 Å². The Balaban J connectivity index is 1.78. The molecule has 1 aliphatic heterocycles. The monoisotopic (exact) mass is 280 g/mol. The topological polar surface area (TPSA) is 92.9 Å². The molecule has 0 bridgehead atoms. The van der Waals surface area contributed by atoms with Gasteiger partial charge in [-0.05, 0) is 19.3 Å². The summed E-state index contributed by atoms with van der Waals surface area (Å²) in [6.07, 6.45) is 2.72. The molecule has 1 aliphatic carbocycles. The van der Waals surface area contributed by atoms with Crippen molar-refractivity contribution in [2.24, 2.45) is 0 Å². The van der Waals surface area contributed by atoms with Crippen LogP contribution in [0.1, 0.15) is 34.7 Å². The molecule has 1 aromatic rings. The minimum absolute atomic E-state index is 0.0514. The lowest BCUT2D eigenvalue weighted by Gasteiger charge is -2.30. The number of fused-ring (bicyclic) bond motifs is 1. The number of carbonyl (C=O) groups is 2. The number of hydrogen-bond donors (Lipinski definition) is 1. The molecular formula is C13H16N2O5. The Morgan fingerprint density at radius 2 is 2.10 bits per heavy atom. The van der Waals surface area contributed by atoms with Crippen molar-refractivity contribution in [3.8, 4) is 0 Å². The minimum atomic E-state index is -1.05. The Kier molecular flexibility index (Phi) is 3.43. The van der Waals surface area contributed by atoms with E-state index in [0.29, 0.717) is 12.2 Å². The highest BCUT2D eigenvalue weighted by molar-refractivity contribution is 5.94. The van der Waals surface area contributed by atoms with Crippen molar-refractivity contribution >= 4 is 11.9 Å². The van der Waals surface area contributed by atoms with E-state index in [-0.39, 0.29) is 19.1 Å². The van der Waals surface area contributed by atoms with Gasteiger partial charge in [0.05, 0.1) is 13.2 Å². The van der Waals surface area contributed by atoms with Crippen LogP contribution in [-0.2, 0) is 22.4 Å². The zero-order chi connectivity index (χ0) is 14.1. The molecule has 0 radical (unpaired) electrons. The molecule has 1 unspecified atom stereocenters. The molecule has 2 aliphatic rings. The lowest BCUT2D eigenvalue weighted by molar-refractivity contribution is -0.154. The fraction of sp³-hybridized carbons (Fsp3) is 0.615. The van der Waals surface area contributed by atoms with Crippen LogP contribution in [0.5, 0.6) is 0 Å². The maximum absolute atomic E-state index is 12.5. The number of aliphatic carboxylic acids is 1. The van der Waals surface area contributed by atoms with Gasteiger partial charge in [-0.2, -0.15) is 0 Å². The van der Waals surface area contributed by atoms with E-state index in [0.717, 1.165) is 37.0 Å². The summed E-state index contributed by atoms with van der Waals surface area (Å²) in [6, 6.07) is 0. The standard InChI is InChI=1S/C13H16N2O5/c16-12(15-5-6-19-10(7-15)13(17)18)11-8-3-1-2-4-9(8)20-14-11/h10H,1-7H2,(H,17,18). The van der Waals surface area contributed by atoms with Gasteiger partial charge in [-0.15, -0.1) is 0 Å². The Hall–Kier alpha value is -1.89. The van der Waals surface area contributed by atoms with E-state index in [4.69, 9.17) is 14.4 Å². The van der Waals surface area contributed by atoms with Crippen molar-refractivity contribution in [3.05, 3.63) is 17.0 Å². The van der Waals surface area contributed by atoms with Crippen molar-refractivity contribution in [2.45, 2.75) is 31.8 Å². The first-order valence-electron chi connectivity index (χ1n) is 6.78. The molecule has 20 heavy (non-hydrogen) atoms. The fourth-order valence-corrected chi connectivity index (χ4v) is 2.69. The van der Waals surface area contributed by atoms with Gasteiger partial charge in [-0.25, -0.2) is 4.79 Å². The number of nitrogens with zero attached hydrogens (tertiary/aromatic N) is 2. The van der Waals surface area contributed by atoms with Gasteiger partial charge in [-0.3, -0.25) is 4.79 Å². The average molecular weight is 280 g/mol. The summed E-state index contributed by atoms with van der Waals surface area (Å²) in [7, 11) is 0. The third-order valence-corrected chi connectivity index (χ3v) is 3.78. The second kappa shape index (κ2) is 5.24. The highest BCUT2D eigenvalue weighted by Gasteiger charge is 2.33. The lowest BCUT2D eigenvalue weighted by atomic mass is 9.96. The van der Waals surface area contributed by atoms with Crippen LogP contribution in [0, 0.1) is 0 Å². The van der Waals surface area contributed by atoms with Crippen molar-refractivity contribution in [1.29, 1.82) is 0 Å². The largest absolute Gasteiger partial charge is 0.479 e. The van der Waals surface area contributed by atoms with Gasteiger partial charge in [0.25, 0.3) is 5.91 Å². The molecule has 0 spiro atoms. The van der Waals surface area contributed by atoms with E-state index in [9.17, 15) is 9.59 Å². The molecule has 1 fully saturated rings. The zero-order valence-corrected chi connectivity index (χ0v) is 11.0. The smallest absolute Gasteiger partial charge is 0.334 e. The van der Waals surface area contributed by atoms with Crippen LogP contribution in [-0.4, -0.2) is 52.8 Å². The number of hydrogen-bond acceptors (Lipinski definition) is 5. The van der Waals surface area contributed by atoms with Crippen LogP contribution in [0.15, 0.2) is 4.52 Å². The number of morpholine rings is 1. The maximum Gasteiger partial charge on any atom is 0.334 e. The number of rotatable bonds is 2. The van der Waals surface area contributed by atoms with Crippen LogP contribution in [0.3, 0.4) is 0 Å². The predicted octanol–water partition coefficient (Wildman–Crippen LogP) is 0.479. The SMILES string of the molecule is O=C(O)C1CN(C(=O)c2noc3c2CCCC3)CCO1. The second-order valence-electron chi connectivity index (χ2n) is 5.09. The first-order valence-corrected chi connectivity index (χ1v) is 6.78. The van der Waals surface area contributed by atoms with Crippen molar-refractivity contribution in [3.63, 3.8) is 0 Å². The number of carboxylic acid groups (broad SMARTS) is 1. The zero-order valence-electron chi connectivity index (χ0n) is 11.0. The quantitative estimate of drug-likeness (QED) is 0.847. The molecule has 0 saturated carbocycles. The molecule has 108 valence electrons. The molecule has 7 heteroatoms. The summed E-state index contributed by atoms with van der Waals surface area (Å²) in [5.74, 6) is -0.515. The lowest BCUT2D eigenvalue weighted by Crippen LogP contribution is -2.48. The fourth-order valence-electron chi connectivity index (χ4n) is 2.69. The summed E-state index contributed by atoms with van der Waals surface area (Å²) < 4.78 is 10.3. The Morgan fingerprint density at radius 3 is 2.90 bits per heavy atom. The molecule has 1 aromatic heterocycles. The van der Waals surface area contributed by atoms with Gasteiger partial charge in [0, 0.05) is 18.5 Å². The Bertz CT molecular complexity index is 539. The van der Waals surface area contributed by atoms with Crippen LogP contribution in [0.25, 0.3) is 0 Å². The number of ether oxygens (including phenoxy) is 1. The van der Waals surface area contributed by atoms with Gasteiger partial charge in [0.15, 0.2) is 11.8 Å². The predicted molar refractivity (Wildman–Crippen MR) is 66.4 cm³/mol. The van der Waals surface area contributed by atoms with Gasteiger partial charge in [0.2, 0.25) is 0 Å². The van der Waals surface area contributed by atoms with E-state index in [1.165, 1.54) is 4.90 Å². The maximum atomic E-state index is 12.5. The number of aryl methyl sites for hydroxylation is 1. The van der Waals surface area contributed by atoms with E-state index in [1.807, 2.05) is 0 Å². The molecule has 0 aromatic carbocycles. The third kappa shape index (κ3) is 2.29. The average Bonchev–Trinajstić information content (AvgIpc) is 2.90. The first-order chi connectivity index (χ1) is 9.66. The van der Waals surface area contributed by atoms with E-state index < -0.39 is 12.1 Å². The molecule has 7 nitrogen and oxygen atoms in total.